The Bertz CT molecular complexity index is 1110. The van der Waals surface area contributed by atoms with Crippen LogP contribution < -0.4 is 4.90 Å². The number of carbonyl (C=O) groups is 1. The fourth-order valence-corrected chi connectivity index (χ4v) is 4.05. The number of aryl methyl sites for hydroxylation is 3. The molecule has 0 aliphatic carbocycles. The van der Waals surface area contributed by atoms with E-state index in [-0.39, 0.29) is 5.91 Å². The minimum absolute atomic E-state index is 0.0776. The minimum Gasteiger partial charge on any atom is -0.467 e. The van der Waals surface area contributed by atoms with Gasteiger partial charge in [0.2, 0.25) is 0 Å². The van der Waals surface area contributed by atoms with Gasteiger partial charge in [-0.1, -0.05) is 29.5 Å². The fourth-order valence-electron chi connectivity index (χ4n) is 3.00. The van der Waals surface area contributed by atoms with Crippen LogP contribution in [0.15, 0.2) is 59.2 Å². The van der Waals surface area contributed by atoms with E-state index in [2.05, 4.69) is 0 Å². The molecule has 136 valence electrons. The zero-order valence-corrected chi connectivity index (χ0v) is 16.3. The van der Waals surface area contributed by atoms with Crippen molar-refractivity contribution >= 4 is 32.6 Å². The third-order valence-electron chi connectivity index (χ3n) is 4.73. The van der Waals surface area contributed by atoms with Gasteiger partial charge in [0.15, 0.2) is 5.13 Å². The van der Waals surface area contributed by atoms with Crippen molar-refractivity contribution in [2.45, 2.75) is 27.3 Å². The van der Waals surface area contributed by atoms with E-state index in [0.29, 0.717) is 17.2 Å². The van der Waals surface area contributed by atoms with E-state index in [9.17, 15) is 4.79 Å². The Morgan fingerprint density at radius 2 is 1.89 bits per heavy atom. The summed E-state index contributed by atoms with van der Waals surface area (Å²) in [5, 5.41) is 0.680. The molecule has 0 spiro atoms. The van der Waals surface area contributed by atoms with Gasteiger partial charge in [0.1, 0.15) is 5.76 Å². The second-order valence-corrected chi connectivity index (χ2v) is 7.70. The first-order chi connectivity index (χ1) is 13.0. The lowest BCUT2D eigenvalue weighted by molar-refractivity contribution is 0.0983. The summed E-state index contributed by atoms with van der Waals surface area (Å²) in [6.07, 6.45) is 1.62. The number of thiazole rings is 1. The van der Waals surface area contributed by atoms with E-state index in [1.165, 1.54) is 16.9 Å². The summed E-state index contributed by atoms with van der Waals surface area (Å²) in [5.41, 5.74) is 4.96. The molecule has 2 aromatic heterocycles. The average molecular weight is 376 g/mol. The Hall–Kier alpha value is -2.92. The standard InChI is InChI=1S/C22H20N2O2S/c1-14-9-10-17(12-16(14)3)21(25)24(13-18-7-5-11-26-18)22-23-20-15(2)6-4-8-19(20)27-22/h4-12H,13H2,1-3H3. The van der Waals surface area contributed by atoms with Gasteiger partial charge >= 0.3 is 0 Å². The molecule has 0 atom stereocenters. The molecule has 0 aliphatic heterocycles. The first kappa shape index (κ1) is 17.5. The van der Waals surface area contributed by atoms with E-state index in [4.69, 9.17) is 9.40 Å². The van der Waals surface area contributed by atoms with Gasteiger partial charge in [-0.3, -0.25) is 9.69 Å². The molecule has 0 aliphatic rings. The molecule has 4 rings (SSSR count). The van der Waals surface area contributed by atoms with Crippen LogP contribution in [0, 0.1) is 20.8 Å². The number of carbonyl (C=O) groups excluding carboxylic acids is 1. The number of hydrogen-bond donors (Lipinski definition) is 0. The minimum atomic E-state index is -0.0776. The van der Waals surface area contributed by atoms with Gasteiger partial charge in [-0.15, -0.1) is 0 Å². The van der Waals surface area contributed by atoms with Crippen LogP contribution in [0.2, 0.25) is 0 Å². The van der Waals surface area contributed by atoms with E-state index >= 15 is 0 Å². The van der Waals surface area contributed by atoms with Crippen molar-refractivity contribution in [1.29, 1.82) is 0 Å². The molecule has 0 unspecified atom stereocenters. The lowest BCUT2D eigenvalue weighted by atomic mass is 10.1. The largest absolute Gasteiger partial charge is 0.467 e. The summed E-state index contributed by atoms with van der Waals surface area (Å²) in [7, 11) is 0. The Labute approximate surface area is 162 Å². The molecular formula is C22H20N2O2S. The molecule has 4 aromatic rings. The number of fused-ring (bicyclic) bond motifs is 1. The summed E-state index contributed by atoms with van der Waals surface area (Å²) < 4.78 is 6.57. The third kappa shape index (κ3) is 3.38. The summed E-state index contributed by atoms with van der Waals surface area (Å²) in [5.74, 6) is 0.648. The van der Waals surface area contributed by atoms with Crippen LogP contribution in [0.4, 0.5) is 5.13 Å². The zero-order chi connectivity index (χ0) is 19.0. The summed E-state index contributed by atoms with van der Waals surface area (Å²) >= 11 is 1.52. The number of hydrogen-bond acceptors (Lipinski definition) is 4. The van der Waals surface area contributed by atoms with Crippen molar-refractivity contribution in [2.24, 2.45) is 0 Å². The molecule has 2 heterocycles. The number of anilines is 1. The second-order valence-electron chi connectivity index (χ2n) is 6.69. The molecule has 0 saturated carbocycles. The maximum absolute atomic E-state index is 13.3. The number of nitrogens with zero attached hydrogens (tertiary/aromatic N) is 2. The molecule has 0 radical (unpaired) electrons. The maximum atomic E-state index is 13.3. The second kappa shape index (κ2) is 7.00. The van der Waals surface area contributed by atoms with Gasteiger partial charge in [0, 0.05) is 5.56 Å². The van der Waals surface area contributed by atoms with Crippen LogP contribution in [-0.4, -0.2) is 10.9 Å². The Morgan fingerprint density at radius 1 is 1.04 bits per heavy atom. The molecule has 0 bridgehead atoms. The molecule has 1 amide bonds. The Kier molecular flexibility index (Phi) is 4.54. The fraction of sp³-hybridized carbons (Fsp3) is 0.182. The van der Waals surface area contributed by atoms with Crippen molar-refractivity contribution in [3.8, 4) is 0 Å². The predicted octanol–water partition coefficient (Wildman–Crippen LogP) is 5.66. The van der Waals surface area contributed by atoms with Crippen molar-refractivity contribution in [3.05, 3.63) is 82.8 Å². The Morgan fingerprint density at radius 3 is 2.59 bits per heavy atom. The number of para-hydroxylation sites is 1. The van der Waals surface area contributed by atoms with Gasteiger partial charge in [0.25, 0.3) is 5.91 Å². The van der Waals surface area contributed by atoms with Gasteiger partial charge in [-0.2, -0.15) is 0 Å². The third-order valence-corrected chi connectivity index (χ3v) is 5.78. The van der Waals surface area contributed by atoms with Crippen molar-refractivity contribution in [3.63, 3.8) is 0 Å². The van der Waals surface area contributed by atoms with Crippen LogP contribution in [-0.2, 0) is 6.54 Å². The number of aromatic nitrogens is 1. The molecule has 0 N–H and O–H groups in total. The van der Waals surface area contributed by atoms with Gasteiger partial charge in [-0.25, -0.2) is 4.98 Å². The van der Waals surface area contributed by atoms with Crippen LogP contribution in [0.3, 0.4) is 0 Å². The Balaban J connectivity index is 1.79. The molecule has 0 saturated heterocycles. The lowest BCUT2D eigenvalue weighted by Gasteiger charge is -2.19. The van der Waals surface area contributed by atoms with E-state index in [1.807, 2.05) is 69.3 Å². The number of furan rings is 1. The van der Waals surface area contributed by atoms with Crippen molar-refractivity contribution < 1.29 is 9.21 Å². The lowest BCUT2D eigenvalue weighted by Crippen LogP contribution is -2.30. The first-order valence-electron chi connectivity index (χ1n) is 8.80. The molecule has 5 heteroatoms. The summed E-state index contributed by atoms with van der Waals surface area (Å²) in [4.78, 5) is 19.8. The first-order valence-corrected chi connectivity index (χ1v) is 9.62. The smallest absolute Gasteiger partial charge is 0.260 e. The van der Waals surface area contributed by atoms with Crippen LogP contribution in [0.5, 0.6) is 0 Å². The molecular weight excluding hydrogens is 356 g/mol. The monoisotopic (exact) mass is 376 g/mol. The summed E-state index contributed by atoms with van der Waals surface area (Å²) in [6, 6.07) is 15.6. The summed E-state index contributed by atoms with van der Waals surface area (Å²) in [6.45, 7) is 6.44. The topological polar surface area (TPSA) is 46.3 Å². The number of amides is 1. The molecule has 4 nitrogen and oxygen atoms in total. The highest BCUT2D eigenvalue weighted by atomic mass is 32.1. The van der Waals surface area contributed by atoms with E-state index in [1.54, 1.807) is 11.2 Å². The van der Waals surface area contributed by atoms with Gasteiger partial charge < -0.3 is 4.42 Å². The normalized spacial score (nSPS) is 11.1. The molecule has 0 fully saturated rings. The molecule has 2 aromatic carbocycles. The highest BCUT2D eigenvalue weighted by Gasteiger charge is 2.23. The molecule has 27 heavy (non-hydrogen) atoms. The highest BCUT2D eigenvalue weighted by Crippen LogP contribution is 2.32. The maximum Gasteiger partial charge on any atom is 0.260 e. The van der Waals surface area contributed by atoms with Gasteiger partial charge in [-0.05, 0) is 67.8 Å². The highest BCUT2D eigenvalue weighted by molar-refractivity contribution is 7.22. The predicted molar refractivity (Wildman–Crippen MR) is 109 cm³/mol. The van der Waals surface area contributed by atoms with Gasteiger partial charge in [0.05, 0.1) is 23.0 Å². The van der Waals surface area contributed by atoms with E-state index in [0.717, 1.165) is 27.1 Å². The van der Waals surface area contributed by atoms with Crippen molar-refractivity contribution in [1.82, 2.24) is 4.98 Å². The van der Waals surface area contributed by atoms with Crippen LogP contribution >= 0.6 is 11.3 Å². The number of benzene rings is 2. The number of rotatable bonds is 4. The zero-order valence-electron chi connectivity index (χ0n) is 15.5. The average Bonchev–Trinajstić information content (AvgIpc) is 3.31. The van der Waals surface area contributed by atoms with Crippen LogP contribution in [0.1, 0.15) is 32.8 Å². The van der Waals surface area contributed by atoms with Crippen molar-refractivity contribution in [2.75, 3.05) is 4.90 Å². The SMILES string of the molecule is Cc1ccc(C(=O)N(Cc2ccco2)c2nc3c(C)cccc3s2)cc1C. The van der Waals surface area contributed by atoms with E-state index < -0.39 is 0 Å². The van der Waals surface area contributed by atoms with Crippen LogP contribution in [0.25, 0.3) is 10.2 Å². The quantitative estimate of drug-likeness (QED) is 0.461.